The molecule has 0 radical (unpaired) electrons. The molecular weight excluding hydrogens is 226 g/mol. The zero-order valence-corrected chi connectivity index (χ0v) is 10.1. The molecule has 1 aromatic carbocycles. The van der Waals surface area contributed by atoms with E-state index in [1.54, 1.807) is 6.07 Å². The molecule has 1 N–H and O–H groups in total. The molecule has 0 amide bonds. The molecular formula is C13H16F2O2. The van der Waals surface area contributed by atoms with Gasteiger partial charge in [0.2, 0.25) is 0 Å². The van der Waals surface area contributed by atoms with Crippen molar-refractivity contribution < 1.29 is 18.7 Å². The molecule has 0 aliphatic heterocycles. The Balaban J connectivity index is 3.23. The van der Waals surface area contributed by atoms with Gasteiger partial charge in [-0.05, 0) is 25.5 Å². The molecule has 2 nitrogen and oxygen atoms in total. The van der Waals surface area contributed by atoms with Gasteiger partial charge in [0.1, 0.15) is 0 Å². The van der Waals surface area contributed by atoms with Gasteiger partial charge >= 0.3 is 5.97 Å². The van der Waals surface area contributed by atoms with E-state index in [0.717, 1.165) is 0 Å². The van der Waals surface area contributed by atoms with Crippen LogP contribution in [0.4, 0.5) is 8.78 Å². The summed E-state index contributed by atoms with van der Waals surface area (Å²) in [6, 6.07) is 5.63. The Morgan fingerprint density at radius 3 is 2.29 bits per heavy atom. The Labute approximate surface area is 99.3 Å². The van der Waals surface area contributed by atoms with Gasteiger partial charge in [-0.15, -0.1) is 0 Å². The first-order valence-electron chi connectivity index (χ1n) is 5.44. The average molecular weight is 242 g/mol. The molecule has 0 heterocycles. The Kier molecular flexibility index (Phi) is 3.55. The maximum Gasteiger partial charge on any atom is 0.313 e. The van der Waals surface area contributed by atoms with Gasteiger partial charge in [0.25, 0.3) is 5.92 Å². The van der Waals surface area contributed by atoms with Crippen LogP contribution in [0.15, 0.2) is 24.3 Å². The van der Waals surface area contributed by atoms with Gasteiger partial charge in [0.05, 0.1) is 5.41 Å². The van der Waals surface area contributed by atoms with Crippen molar-refractivity contribution in [2.75, 3.05) is 0 Å². The lowest BCUT2D eigenvalue weighted by molar-refractivity contribution is -0.142. The summed E-state index contributed by atoms with van der Waals surface area (Å²) in [5, 5.41) is 9.06. The van der Waals surface area contributed by atoms with Crippen molar-refractivity contribution in [2.45, 2.75) is 38.5 Å². The number of carboxylic acid groups (broad SMARTS) is 1. The Hall–Kier alpha value is -1.45. The standard InChI is InChI=1S/C13H16F2O2/c1-4-13(14,15)10-7-5-6-9(8-10)12(2,3)11(16)17/h5-8H,4H2,1-3H3,(H,16,17). The highest BCUT2D eigenvalue weighted by atomic mass is 19.3. The minimum absolute atomic E-state index is 0.133. The van der Waals surface area contributed by atoms with Crippen molar-refractivity contribution >= 4 is 5.97 Å². The van der Waals surface area contributed by atoms with E-state index in [1.807, 2.05) is 0 Å². The SMILES string of the molecule is CCC(F)(F)c1cccc(C(C)(C)C(=O)O)c1. The molecule has 0 bridgehead atoms. The van der Waals surface area contributed by atoms with E-state index in [0.29, 0.717) is 5.56 Å². The number of rotatable bonds is 4. The first-order valence-corrected chi connectivity index (χ1v) is 5.44. The van der Waals surface area contributed by atoms with Crippen LogP contribution in [0.1, 0.15) is 38.3 Å². The summed E-state index contributed by atoms with van der Waals surface area (Å²) >= 11 is 0. The van der Waals surface area contributed by atoms with E-state index in [-0.39, 0.29) is 12.0 Å². The highest BCUT2D eigenvalue weighted by molar-refractivity contribution is 5.80. The number of aliphatic carboxylic acids is 1. The minimum atomic E-state index is -2.91. The molecule has 1 aromatic rings. The van der Waals surface area contributed by atoms with E-state index in [9.17, 15) is 13.6 Å². The third-order valence-corrected chi connectivity index (χ3v) is 2.99. The Morgan fingerprint density at radius 1 is 1.29 bits per heavy atom. The van der Waals surface area contributed by atoms with Gasteiger partial charge in [-0.1, -0.05) is 25.1 Å². The van der Waals surface area contributed by atoms with E-state index in [1.165, 1.54) is 39.0 Å². The number of halogens is 2. The van der Waals surface area contributed by atoms with Crippen LogP contribution in [-0.2, 0) is 16.1 Å². The lowest BCUT2D eigenvalue weighted by Crippen LogP contribution is -2.29. The van der Waals surface area contributed by atoms with Crippen molar-refractivity contribution in [2.24, 2.45) is 0 Å². The van der Waals surface area contributed by atoms with Crippen LogP contribution >= 0.6 is 0 Å². The van der Waals surface area contributed by atoms with E-state index in [4.69, 9.17) is 5.11 Å². The monoisotopic (exact) mass is 242 g/mol. The zero-order valence-electron chi connectivity index (χ0n) is 10.1. The molecule has 0 aromatic heterocycles. The molecule has 0 aliphatic rings. The predicted octanol–water partition coefficient (Wildman–Crippen LogP) is 3.55. The van der Waals surface area contributed by atoms with Gasteiger partial charge in [-0.3, -0.25) is 4.79 Å². The molecule has 0 aliphatic carbocycles. The van der Waals surface area contributed by atoms with Gasteiger partial charge in [-0.25, -0.2) is 8.78 Å². The van der Waals surface area contributed by atoms with Crippen LogP contribution in [-0.4, -0.2) is 11.1 Å². The molecule has 1 rings (SSSR count). The maximum absolute atomic E-state index is 13.5. The fourth-order valence-electron chi connectivity index (χ4n) is 1.46. The van der Waals surface area contributed by atoms with E-state index >= 15 is 0 Å². The average Bonchev–Trinajstić information content (AvgIpc) is 2.29. The van der Waals surface area contributed by atoms with Crippen molar-refractivity contribution in [3.8, 4) is 0 Å². The van der Waals surface area contributed by atoms with Crippen LogP contribution in [0.3, 0.4) is 0 Å². The maximum atomic E-state index is 13.5. The van der Waals surface area contributed by atoms with E-state index in [2.05, 4.69) is 0 Å². The van der Waals surface area contributed by atoms with Crippen molar-refractivity contribution in [3.05, 3.63) is 35.4 Å². The molecule has 0 saturated heterocycles. The van der Waals surface area contributed by atoms with Gasteiger partial charge in [0, 0.05) is 12.0 Å². The zero-order chi connectivity index (χ0) is 13.3. The molecule has 17 heavy (non-hydrogen) atoms. The van der Waals surface area contributed by atoms with Crippen LogP contribution in [0, 0.1) is 0 Å². The molecule has 0 atom stereocenters. The molecule has 0 fully saturated rings. The fourth-order valence-corrected chi connectivity index (χ4v) is 1.46. The predicted molar refractivity (Wildman–Crippen MR) is 61.3 cm³/mol. The quantitative estimate of drug-likeness (QED) is 0.876. The highest BCUT2D eigenvalue weighted by Gasteiger charge is 2.33. The highest BCUT2D eigenvalue weighted by Crippen LogP contribution is 2.34. The number of benzene rings is 1. The second-order valence-electron chi connectivity index (χ2n) is 4.57. The topological polar surface area (TPSA) is 37.3 Å². The summed E-state index contributed by atoms with van der Waals surface area (Å²) in [6.07, 6.45) is -0.302. The van der Waals surface area contributed by atoms with Crippen LogP contribution in [0.25, 0.3) is 0 Å². The lowest BCUT2D eigenvalue weighted by atomic mass is 9.83. The molecule has 0 saturated carbocycles. The fraction of sp³-hybridized carbons (Fsp3) is 0.462. The Morgan fingerprint density at radius 2 is 1.82 bits per heavy atom. The van der Waals surface area contributed by atoms with Crippen LogP contribution in [0.5, 0.6) is 0 Å². The largest absolute Gasteiger partial charge is 0.481 e. The van der Waals surface area contributed by atoms with Crippen molar-refractivity contribution in [3.63, 3.8) is 0 Å². The molecule has 0 unspecified atom stereocenters. The third-order valence-electron chi connectivity index (χ3n) is 2.99. The molecule has 94 valence electrons. The summed E-state index contributed by atoms with van der Waals surface area (Å²) in [5.74, 6) is -3.95. The summed E-state index contributed by atoms with van der Waals surface area (Å²) in [4.78, 5) is 11.1. The summed E-state index contributed by atoms with van der Waals surface area (Å²) < 4.78 is 27.0. The second kappa shape index (κ2) is 4.43. The van der Waals surface area contributed by atoms with Gasteiger partial charge < -0.3 is 5.11 Å². The smallest absolute Gasteiger partial charge is 0.313 e. The van der Waals surface area contributed by atoms with Crippen molar-refractivity contribution in [1.29, 1.82) is 0 Å². The first-order chi connectivity index (χ1) is 7.71. The number of hydrogen-bond acceptors (Lipinski definition) is 1. The van der Waals surface area contributed by atoms with Crippen LogP contribution < -0.4 is 0 Å². The summed E-state index contributed by atoms with van der Waals surface area (Å²) in [6.45, 7) is 4.39. The first kappa shape index (κ1) is 13.6. The second-order valence-corrected chi connectivity index (χ2v) is 4.57. The summed E-state index contributed by atoms with van der Waals surface area (Å²) in [5.41, 5.74) is -0.915. The number of alkyl halides is 2. The van der Waals surface area contributed by atoms with Gasteiger partial charge in [0.15, 0.2) is 0 Å². The third kappa shape index (κ3) is 2.62. The Bertz CT molecular complexity index is 425. The normalized spacial score (nSPS) is 12.5. The molecule has 4 heteroatoms. The summed E-state index contributed by atoms with van der Waals surface area (Å²) in [7, 11) is 0. The lowest BCUT2D eigenvalue weighted by Gasteiger charge is -2.22. The minimum Gasteiger partial charge on any atom is -0.481 e. The van der Waals surface area contributed by atoms with E-state index < -0.39 is 17.3 Å². The number of carboxylic acids is 1. The van der Waals surface area contributed by atoms with Crippen LogP contribution in [0.2, 0.25) is 0 Å². The van der Waals surface area contributed by atoms with Gasteiger partial charge in [-0.2, -0.15) is 0 Å². The van der Waals surface area contributed by atoms with Crippen molar-refractivity contribution in [1.82, 2.24) is 0 Å². The number of hydrogen-bond donors (Lipinski definition) is 1. The molecule has 0 spiro atoms. The number of carbonyl (C=O) groups is 1.